The van der Waals surface area contributed by atoms with E-state index in [2.05, 4.69) is 47.2 Å². The number of ether oxygens (including phenoxy) is 1. The highest BCUT2D eigenvalue weighted by molar-refractivity contribution is 9.10. The zero-order valence-corrected chi connectivity index (χ0v) is 14.0. The lowest BCUT2D eigenvalue weighted by Gasteiger charge is -2.14. The minimum atomic E-state index is 0.667. The van der Waals surface area contributed by atoms with E-state index in [1.165, 1.54) is 5.56 Å². The van der Waals surface area contributed by atoms with E-state index in [1.54, 1.807) is 0 Å². The van der Waals surface area contributed by atoms with Gasteiger partial charge in [-0.2, -0.15) is 0 Å². The Morgan fingerprint density at radius 1 is 1.14 bits per heavy atom. The van der Waals surface area contributed by atoms with Gasteiger partial charge in [0.1, 0.15) is 5.75 Å². The van der Waals surface area contributed by atoms with Gasteiger partial charge in [-0.15, -0.1) is 0 Å². The van der Waals surface area contributed by atoms with Gasteiger partial charge in [-0.05, 0) is 48.7 Å². The number of hydrogen-bond donors (Lipinski definition) is 2. The molecular formula is C17H21BrN2O. The smallest absolute Gasteiger partial charge is 0.144 e. The van der Waals surface area contributed by atoms with Crippen molar-refractivity contribution in [3.05, 3.63) is 46.4 Å². The summed E-state index contributed by atoms with van der Waals surface area (Å²) in [5, 5.41) is 3.44. The number of nitrogens with two attached hydrogens (primary N) is 1. The fraction of sp³-hybridized carbons (Fsp3) is 0.294. The van der Waals surface area contributed by atoms with Crippen molar-refractivity contribution in [1.29, 1.82) is 0 Å². The first-order chi connectivity index (χ1) is 10.1. The lowest BCUT2D eigenvalue weighted by atomic mass is 10.1. The molecule has 0 fully saturated rings. The average molecular weight is 349 g/mol. The predicted octanol–water partition coefficient (Wildman–Crippen LogP) is 5.13. The van der Waals surface area contributed by atoms with Gasteiger partial charge in [0.2, 0.25) is 0 Å². The van der Waals surface area contributed by atoms with Crippen LogP contribution in [0.1, 0.15) is 25.8 Å². The fourth-order valence-electron chi connectivity index (χ4n) is 2.08. The Labute approximate surface area is 134 Å². The van der Waals surface area contributed by atoms with Crippen molar-refractivity contribution in [1.82, 2.24) is 0 Å². The van der Waals surface area contributed by atoms with E-state index in [4.69, 9.17) is 10.5 Å². The molecule has 0 amide bonds. The van der Waals surface area contributed by atoms with Crippen molar-refractivity contribution in [3.63, 3.8) is 0 Å². The van der Waals surface area contributed by atoms with E-state index in [0.717, 1.165) is 34.4 Å². The molecular weight excluding hydrogens is 328 g/mol. The summed E-state index contributed by atoms with van der Waals surface area (Å²) in [5.41, 5.74) is 9.95. The maximum atomic E-state index is 5.94. The number of anilines is 3. The Morgan fingerprint density at radius 3 is 2.67 bits per heavy atom. The molecule has 2 aromatic carbocycles. The van der Waals surface area contributed by atoms with Crippen LogP contribution in [0.3, 0.4) is 0 Å². The van der Waals surface area contributed by atoms with Crippen molar-refractivity contribution in [3.8, 4) is 5.75 Å². The van der Waals surface area contributed by atoms with E-state index in [0.29, 0.717) is 12.3 Å². The summed E-state index contributed by atoms with van der Waals surface area (Å²) < 4.78 is 6.76. The fourth-order valence-corrected chi connectivity index (χ4v) is 2.49. The summed E-state index contributed by atoms with van der Waals surface area (Å²) in [7, 11) is 0. The largest absolute Gasteiger partial charge is 0.491 e. The molecule has 0 atom stereocenters. The molecule has 0 aliphatic carbocycles. The van der Waals surface area contributed by atoms with Crippen molar-refractivity contribution in [2.75, 3.05) is 17.7 Å². The van der Waals surface area contributed by atoms with Crippen LogP contribution in [-0.2, 0) is 6.42 Å². The lowest BCUT2D eigenvalue weighted by Crippen LogP contribution is -2.01. The first kappa shape index (κ1) is 15.7. The summed E-state index contributed by atoms with van der Waals surface area (Å²) >= 11 is 3.51. The van der Waals surface area contributed by atoms with Crippen LogP contribution in [0.25, 0.3) is 0 Å². The Balaban J connectivity index is 2.23. The van der Waals surface area contributed by atoms with Gasteiger partial charge in [0, 0.05) is 21.9 Å². The third-order valence-electron chi connectivity index (χ3n) is 3.20. The molecule has 0 bridgehead atoms. The minimum absolute atomic E-state index is 0.667. The summed E-state index contributed by atoms with van der Waals surface area (Å²) in [5.74, 6) is 0.733. The molecule has 2 aromatic rings. The highest BCUT2D eigenvalue weighted by atomic mass is 79.9. The Hall–Kier alpha value is -1.68. The second-order valence-electron chi connectivity index (χ2n) is 4.88. The van der Waals surface area contributed by atoms with Crippen molar-refractivity contribution >= 4 is 33.0 Å². The van der Waals surface area contributed by atoms with Gasteiger partial charge >= 0.3 is 0 Å². The number of benzene rings is 2. The molecule has 0 unspecified atom stereocenters. The molecule has 3 N–H and O–H groups in total. The predicted molar refractivity (Wildman–Crippen MR) is 93.4 cm³/mol. The number of halogens is 1. The van der Waals surface area contributed by atoms with Crippen molar-refractivity contribution in [2.24, 2.45) is 0 Å². The third-order valence-corrected chi connectivity index (χ3v) is 3.70. The van der Waals surface area contributed by atoms with Gasteiger partial charge in [-0.3, -0.25) is 0 Å². The maximum Gasteiger partial charge on any atom is 0.144 e. The minimum Gasteiger partial charge on any atom is -0.491 e. The van der Waals surface area contributed by atoms with E-state index in [1.807, 2.05) is 24.3 Å². The van der Waals surface area contributed by atoms with E-state index < -0.39 is 0 Å². The topological polar surface area (TPSA) is 47.3 Å². The number of aryl methyl sites for hydroxylation is 1. The highest BCUT2D eigenvalue weighted by Crippen LogP contribution is 2.30. The summed E-state index contributed by atoms with van der Waals surface area (Å²) in [4.78, 5) is 0. The van der Waals surface area contributed by atoms with E-state index in [-0.39, 0.29) is 0 Å². The average Bonchev–Trinajstić information content (AvgIpc) is 2.49. The van der Waals surface area contributed by atoms with Crippen molar-refractivity contribution < 1.29 is 4.74 Å². The van der Waals surface area contributed by atoms with Crippen LogP contribution in [0.15, 0.2) is 40.9 Å². The van der Waals surface area contributed by atoms with Crippen LogP contribution in [0.5, 0.6) is 5.75 Å². The summed E-state index contributed by atoms with van der Waals surface area (Å²) in [6.45, 7) is 4.89. The van der Waals surface area contributed by atoms with Crippen LogP contribution in [0.2, 0.25) is 0 Å². The number of nitrogen functional groups attached to an aromatic ring is 1. The van der Waals surface area contributed by atoms with E-state index in [9.17, 15) is 0 Å². The summed E-state index contributed by atoms with van der Waals surface area (Å²) in [6.07, 6.45) is 1.93. The van der Waals surface area contributed by atoms with Gasteiger partial charge in [0.05, 0.1) is 12.3 Å². The van der Waals surface area contributed by atoms with Crippen LogP contribution < -0.4 is 15.8 Å². The normalized spacial score (nSPS) is 10.4. The van der Waals surface area contributed by atoms with Crippen LogP contribution in [-0.4, -0.2) is 6.61 Å². The molecule has 0 saturated heterocycles. The molecule has 0 saturated carbocycles. The molecule has 3 nitrogen and oxygen atoms in total. The van der Waals surface area contributed by atoms with Gasteiger partial charge in [0.15, 0.2) is 0 Å². The van der Waals surface area contributed by atoms with Crippen LogP contribution in [0, 0.1) is 0 Å². The molecule has 0 aliphatic rings. The first-order valence-corrected chi connectivity index (χ1v) is 8.01. The van der Waals surface area contributed by atoms with E-state index >= 15 is 0 Å². The first-order valence-electron chi connectivity index (χ1n) is 7.21. The van der Waals surface area contributed by atoms with Gasteiger partial charge < -0.3 is 15.8 Å². The van der Waals surface area contributed by atoms with Gasteiger partial charge in [0.25, 0.3) is 0 Å². The SMILES string of the molecule is CCCOc1cc(Nc2ccc(Br)cc2CC)ccc1N. The highest BCUT2D eigenvalue weighted by Gasteiger charge is 2.05. The molecule has 4 heteroatoms. The molecule has 0 aliphatic heterocycles. The second-order valence-corrected chi connectivity index (χ2v) is 5.80. The summed E-state index contributed by atoms with van der Waals surface area (Å²) in [6, 6.07) is 12.0. The molecule has 0 spiro atoms. The Morgan fingerprint density at radius 2 is 1.95 bits per heavy atom. The zero-order chi connectivity index (χ0) is 15.2. The third kappa shape index (κ3) is 4.14. The number of nitrogens with one attached hydrogen (secondary N) is 1. The second kappa shape index (κ2) is 7.36. The van der Waals surface area contributed by atoms with Gasteiger partial charge in [-0.25, -0.2) is 0 Å². The van der Waals surface area contributed by atoms with Gasteiger partial charge in [-0.1, -0.05) is 29.8 Å². The zero-order valence-electron chi connectivity index (χ0n) is 12.4. The molecule has 112 valence electrons. The standard InChI is InChI=1S/C17H21BrN2O/c1-3-9-21-17-11-14(6-7-15(17)19)20-16-8-5-13(18)10-12(16)4-2/h5-8,10-11,20H,3-4,9,19H2,1-2H3. The number of rotatable bonds is 6. The molecule has 21 heavy (non-hydrogen) atoms. The maximum absolute atomic E-state index is 5.94. The van der Waals surface area contributed by atoms with Crippen LogP contribution >= 0.6 is 15.9 Å². The molecule has 0 heterocycles. The molecule has 2 rings (SSSR count). The lowest BCUT2D eigenvalue weighted by molar-refractivity contribution is 0.319. The molecule has 0 aromatic heterocycles. The van der Waals surface area contributed by atoms with Crippen molar-refractivity contribution in [2.45, 2.75) is 26.7 Å². The Kier molecular flexibility index (Phi) is 5.51. The quantitative estimate of drug-likeness (QED) is 0.711. The van der Waals surface area contributed by atoms with Crippen LogP contribution in [0.4, 0.5) is 17.1 Å². The Bertz CT molecular complexity index is 614. The molecule has 0 radical (unpaired) electrons. The monoisotopic (exact) mass is 348 g/mol. The number of hydrogen-bond acceptors (Lipinski definition) is 3.